The van der Waals surface area contributed by atoms with Crippen LogP contribution in [0.1, 0.15) is 21.5 Å². The first-order valence-corrected chi connectivity index (χ1v) is 4.11. The normalized spacial score (nSPS) is 9.64. The van der Waals surface area contributed by atoms with E-state index in [0.29, 0.717) is 11.1 Å². The molecule has 0 saturated heterocycles. The Kier molecular flexibility index (Phi) is 3.02. The van der Waals surface area contributed by atoms with Gasteiger partial charge in [0, 0.05) is 0 Å². The molecule has 0 aromatic heterocycles. The molecule has 2 nitrogen and oxygen atoms in total. The zero-order valence-electron chi connectivity index (χ0n) is 8.13. The van der Waals surface area contributed by atoms with E-state index >= 15 is 0 Å². The van der Waals surface area contributed by atoms with E-state index in [4.69, 9.17) is 0 Å². The molecule has 0 unspecified atom stereocenters. The third-order valence-corrected chi connectivity index (χ3v) is 1.93. The Bertz CT molecular complexity index is 360. The predicted octanol–water partition coefficient (Wildman–Crippen LogP) is 2.56. The third kappa shape index (κ3) is 1.82. The molecule has 74 valence electrons. The fraction of sp³-hybridized carbons (Fsp3) is 0.182. The number of halogens is 1. The number of hydrogen-bond donors (Lipinski definition) is 0. The van der Waals surface area contributed by atoms with Gasteiger partial charge in [-0.15, -0.1) is 0 Å². The summed E-state index contributed by atoms with van der Waals surface area (Å²) in [5.74, 6) is -1.23. The van der Waals surface area contributed by atoms with Crippen molar-refractivity contribution in [2.45, 2.75) is 6.92 Å². The average Bonchev–Trinajstić information content (AvgIpc) is 2.16. The summed E-state index contributed by atoms with van der Waals surface area (Å²) in [5.41, 5.74) is 1.18. The average molecular weight is 194 g/mol. The van der Waals surface area contributed by atoms with Crippen LogP contribution in [0, 0.1) is 12.7 Å². The van der Waals surface area contributed by atoms with Crippen LogP contribution in [0.15, 0.2) is 18.7 Å². The van der Waals surface area contributed by atoms with Crippen molar-refractivity contribution in [3.8, 4) is 0 Å². The minimum atomic E-state index is -0.657. The van der Waals surface area contributed by atoms with E-state index in [1.165, 1.54) is 19.3 Å². The molecule has 0 fully saturated rings. The molecule has 0 bridgehead atoms. The second-order valence-electron chi connectivity index (χ2n) is 2.89. The fourth-order valence-corrected chi connectivity index (χ4v) is 1.25. The first-order chi connectivity index (χ1) is 6.60. The molecule has 14 heavy (non-hydrogen) atoms. The van der Waals surface area contributed by atoms with Crippen molar-refractivity contribution in [1.82, 2.24) is 0 Å². The molecule has 0 spiro atoms. The first-order valence-electron chi connectivity index (χ1n) is 4.11. The molecule has 0 heterocycles. The van der Waals surface area contributed by atoms with E-state index in [2.05, 4.69) is 11.3 Å². The van der Waals surface area contributed by atoms with Crippen molar-refractivity contribution < 1.29 is 13.9 Å². The fourth-order valence-electron chi connectivity index (χ4n) is 1.25. The Balaban J connectivity index is 3.31. The van der Waals surface area contributed by atoms with Crippen molar-refractivity contribution in [2.75, 3.05) is 7.11 Å². The van der Waals surface area contributed by atoms with E-state index in [-0.39, 0.29) is 5.56 Å². The third-order valence-electron chi connectivity index (χ3n) is 1.93. The number of esters is 1. The number of aryl methyl sites for hydroxylation is 1. The maximum absolute atomic E-state index is 13.4. The Morgan fingerprint density at radius 1 is 1.57 bits per heavy atom. The van der Waals surface area contributed by atoms with E-state index in [1.807, 2.05) is 0 Å². The van der Waals surface area contributed by atoms with Crippen molar-refractivity contribution >= 4 is 12.0 Å². The minimum Gasteiger partial charge on any atom is -0.465 e. The molecule has 1 rings (SSSR count). The van der Waals surface area contributed by atoms with Crippen LogP contribution in [0.3, 0.4) is 0 Å². The van der Waals surface area contributed by atoms with Crippen LogP contribution in [-0.2, 0) is 4.74 Å². The summed E-state index contributed by atoms with van der Waals surface area (Å²) in [6.07, 6.45) is 1.52. The SMILES string of the molecule is C=Cc1cc(C)c(C(=O)OC)c(F)c1. The van der Waals surface area contributed by atoms with Crippen molar-refractivity contribution in [2.24, 2.45) is 0 Å². The molecule has 0 N–H and O–H groups in total. The number of carbonyl (C=O) groups excluding carboxylic acids is 1. The summed E-state index contributed by atoms with van der Waals surface area (Å²) >= 11 is 0. The minimum absolute atomic E-state index is 0.0156. The molecule has 1 aromatic rings. The predicted molar refractivity (Wildman–Crippen MR) is 52.6 cm³/mol. The van der Waals surface area contributed by atoms with E-state index in [0.717, 1.165) is 0 Å². The van der Waals surface area contributed by atoms with Gasteiger partial charge in [-0.3, -0.25) is 0 Å². The molecule has 3 heteroatoms. The second kappa shape index (κ2) is 4.05. The van der Waals surface area contributed by atoms with Gasteiger partial charge in [0.2, 0.25) is 0 Å². The standard InChI is InChI=1S/C11H11FO2/c1-4-8-5-7(2)10(9(12)6-8)11(13)14-3/h4-6H,1H2,2-3H3. The van der Waals surface area contributed by atoms with Crippen molar-refractivity contribution in [1.29, 1.82) is 0 Å². The summed E-state index contributed by atoms with van der Waals surface area (Å²) in [5, 5.41) is 0. The zero-order chi connectivity index (χ0) is 10.7. The number of hydrogen-bond acceptors (Lipinski definition) is 2. The van der Waals surface area contributed by atoms with Gasteiger partial charge in [0.05, 0.1) is 12.7 Å². The largest absolute Gasteiger partial charge is 0.465 e. The monoisotopic (exact) mass is 194 g/mol. The lowest BCUT2D eigenvalue weighted by molar-refractivity contribution is 0.0594. The molecule has 0 amide bonds. The highest BCUT2D eigenvalue weighted by Gasteiger charge is 2.15. The first kappa shape index (κ1) is 10.4. The van der Waals surface area contributed by atoms with Crippen molar-refractivity contribution in [3.05, 3.63) is 41.2 Å². The van der Waals surface area contributed by atoms with Crippen LogP contribution in [0.5, 0.6) is 0 Å². The Hall–Kier alpha value is -1.64. The van der Waals surface area contributed by atoms with Gasteiger partial charge in [-0.05, 0) is 24.1 Å². The van der Waals surface area contributed by atoms with Gasteiger partial charge in [0.25, 0.3) is 0 Å². The quantitative estimate of drug-likeness (QED) is 0.676. The number of ether oxygens (including phenoxy) is 1. The van der Waals surface area contributed by atoms with Gasteiger partial charge in [-0.25, -0.2) is 9.18 Å². The van der Waals surface area contributed by atoms with E-state index < -0.39 is 11.8 Å². The molecule has 0 aliphatic rings. The number of carbonyl (C=O) groups is 1. The van der Waals surface area contributed by atoms with Crippen LogP contribution in [-0.4, -0.2) is 13.1 Å². The lowest BCUT2D eigenvalue weighted by atomic mass is 10.0. The number of benzene rings is 1. The van der Waals surface area contributed by atoms with Crippen molar-refractivity contribution in [3.63, 3.8) is 0 Å². The summed E-state index contributed by atoms with van der Waals surface area (Å²) in [4.78, 5) is 11.2. The smallest absolute Gasteiger partial charge is 0.341 e. The Morgan fingerprint density at radius 2 is 2.21 bits per heavy atom. The lowest BCUT2D eigenvalue weighted by Crippen LogP contribution is -2.07. The Labute approximate surface area is 82.0 Å². The van der Waals surface area contributed by atoms with Gasteiger partial charge >= 0.3 is 5.97 Å². The van der Waals surface area contributed by atoms with Gasteiger partial charge in [-0.2, -0.15) is 0 Å². The topological polar surface area (TPSA) is 26.3 Å². The van der Waals surface area contributed by atoms with E-state index in [9.17, 15) is 9.18 Å². The van der Waals surface area contributed by atoms with Gasteiger partial charge in [0.1, 0.15) is 5.82 Å². The molecular weight excluding hydrogens is 183 g/mol. The lowest BCUT2D eigenvalue weighted by Gasteiger charge is -2.06. The van der Waals surface area contributed by atoms with Gasteiger partial charge in [0.15, 0.2) is 0 Å². The van der Waals surface area contributed by atoms with Crippen LogP contribution in [0.25, 0.3) is 6.08 Å². The van der Waals surface area contributed by atoms with Gasteiger partial charge in [-0.1, -0.05) is 18.7 Å². The summed E-state index contributed by atoms with van der Waals surface area (Å²) in [7, 11) is 1.22. The molecule has 0 radical (unpaired) electrons. The van der Waals surface area contributed by atoms with Crippen LogP contribution >= 0.6 is 0 Å². The van der Waals surface area contributed by atoms with E-state index in [1.54, 1.807) is 13.0 Å². The molecule has 0 aliphatic carbocycles. The number of rotatable bonds is 2. The summed E-state index contributed by atoms with van der Waals surface area (Å²) in [6, 6.07) is 2.94. The molecule has 0 saturated carbocycles. The number of methoxy groups -OCH3 is 1. The van der Waals surface area contributed by atoms with Gasteiger partial charge < -0.3 is 4.74 Å². The highest BCUT2D eigenvalue weighted by atomic mass is 19.1. The van der Waals surface area contributed by atoms with Crippen LogP contribution in [0.4, 0.5) is 4.39 Å². The van der Waals surface area contributed by atoms with Crippen LogP contribution < -0.4 is 0 Å². The molecule has 1 aromatic carbocycles. The summed E-state index contributed by atoms with van der Waals surface area (Å²) in [6.45, 7) is 5.18. The summed E-state index contributed by atoms with van der Waals surface area (Å²) < 4.78 is 17.9. The van der Waals surface area contributed by atoms with Crippen LogP contribution in [0.2, 0.25) is 0 Å². The maximum atomic E-state index is 13.4. The molecule has 0 aliphatic heterocycles. The Morgan fingerprint density at radius 3 is 2.64 bits per heavy atom. The highest BCUT2D eigenvalue weighted by Crippen LogP contribution is 2.17. The second-order valence-corrected chi connectivity index (χ2v) is 2.89. The molecular formula is C11H11FO2. The highest BCUT2D eigenvalue weighted by molar-refractivity contribution is 5.91. The zero-order valence-corrected chi connectivity index (χ0v) is 8.13. The maximum Gasteiger partial charge on any atom is 0.341 e. The molecule has 0 atom stereocenters.